The van der Waals surface area contributed by atoms with E-state index in [1.807, 2.05) is 18.3 Å². The van der Waals surface area contributed by atoms with Crippen LogP contribution in [0.3, 0.4) is 0 Å². The molecule has 1 aromatic carbocycles. The van der Waals surface area contributed by atoms with E-state index in [2.05, 4.69) is 41.1 Å². The summed E-state index contributed by atoms with van der Waals surface area (Å²) in [7, 11) is -2.84. The minimum atomic E-state index is -2.84. The molecule has 0 N–H and O–H groups in total. The summed E-state index contributed by atoms with van der Waals surface area (Å²) in [6, 6.07) is 12.5. The number of hydrogen-bond acceptors (Lipinski definition) is 4. The first-order chi connectivity index (χ1) is 11.1. The third-order valence-electron chi connectivity index (χ3n) is 4.44. The summed E-state index contributed by atoms with van der Waals surface area (Å²) in [6.07, 6.45) is 4.38. The molecule has 0 radical (unpaired) electrons. The first-order valence-electron chi connectivity index (χ1n) is 8.01. The van der Waals surface area contributed by atoms with Gasteiger partial charge in [-0.15, -0.1) is 0 Å². The van der Waals surface area contributed by atoms with E-state index in [0.29, 0.717) is 11.5 Å². The first-order valence-corrected chi connectivity index (χ1v) is 9.83. The summed E-state index contributed by atoms with van der Waals surface area (Å²) in [4.78, 5) is 6.44. The monoisotopic (exact) mass is 330 g/mol. The lowest BCUT2D eigenvalue weighted by Crippen LogP contribution is -2.35. The molecule has 3 rings (SSSR count). The van der Waals surface area contributed by atoms with Crippen molar-refractivity contribution >= 4 is 9.84 Å². The van der Waals surface area contributed by atoms with Gasteiger partial charge in [0.05, 0.1) is 11.5 Å². The molecule has 5 heteroatoms. The van der Waals surface area contributed by atoms with Crippen molar-refractivity contribution in [3.63, 3.8) is 0 Å². The van der Waals surface area contributed by atoms with Crippen LogP contribution in [-0.2, 0) is 16.4 Å². The molecule has 4 nitrogen and oxygen atoms in total. The Morgan fingerprint density at radius 2 is 2.04 bits per heavy atom. The van der Waals surface area contributed by atoms with Crippen molar-refractivity contribution in [2.75, 3.05) is 18.1 Å². The average Bonchev–Trinajstić information content (AvgIpc) is 2.93. The molecule has 1 aliphatic rings. The van der Waals surface area contributed by atoms with Crippen LogP contribution in [0.15, 0.2) is 48.8 Å². The molecule has 0 unspecified atom stereocenters. The second-order valence-electron chi connectivity index (χ2n) is 6.06. The van der Waals surface area contributed by atoms with Crippen LogP contribution in [0.2, 0.25) is 0 Å². The lowest BCUT2D eigenvalue weighted by molar-refractivity contribution is 0.215. The third-order valence-corrected chi connectivity index (χ3v) is 6.19. The van der Waals surface area contributed by atoms with Gasteiger partial charge in [0.25, 0.3) is 0 Å². The van der Waals surface area contributed by atoms with Gasteiger partial charge in [-0.25, -0.2) is 8.42 Å². The van der Waals surface area contributed by atoms with Gasteiger partial charge in [0, 0.05) is 25.0 Å². The maximum Gasteiger partial charge on any atom is 0.151 e. The predicted molar refractivity (Wildman–Crippen MR) is 92.8 cm³/mol. The van der Waals surface area contributed by atoms with Crippen LogP contribution in [-0.4, -0.2) is 42.4 Å². The fourth-order valence-corrected chi connectivity index (χ4v) is 4.94. The standard InChI is InChI=1S/C18H22N2O2S/c1-2-20(18-8-10-23(21,22)14-18)13-15-5-3-6-16(11-15)17-7-4-9-19-12-17/h3-7,9,11-12,18H,2,8,10,13-14H2,1H3/t18-/m1/s1. The minimum absolute atomic E-state index is 0.145. The lowest BCUT2D eigenvalue weighted by Gasteiger charge is -2.26. The maximum atomic E-state index is 11.7. The molecule has 0 aliphatic carbocycles. The van der Waals surface area contributed by atoms with E-state index in [1.165, 1.54) is 5.56 Å². The third kappa shape index (κ3) is 3.98. The van der Waals surface area contributed by atoms with Gasteiger partial charge < -0.3 is 0 Å². The van der Waals surface area contributed by atoms with Crippen molar-refractivity contribution in [1.82, 2.24) is 9.88 Å². The van der Waals surface area contributed by atoms with Crippen molar-refractivity contribution in [3.05, 3.63) is 54.4 Å². The van der Waals surface area contributed by atoms with Gasteiger partial charge in [0.2, 0.25) is 0 Å². The zero-order valence-corrected chi connectivity index (χ0v) is 14.2. The molecule has 2 aromatic rings. The quantitative estimate of drug-likeness (QED) is 0.846. The molecule has 2 heterocycles. The molecule has 122 valence electrons. The Bertz CT molecular complexity index is 760. The highest BCUT2D eigenvalue weighted by Crippen LogP contribution is 2.23. The molecular weight excluding hydrogens is 308 g/mol. The van der Waals surface area contributed by atoms with E-state index in [9.17, 15) is 8.42 Å². The Balaban J connectivity index is 1.77. The van der Waals surface area contributed by atoms with Crippen LogP contribution in [0.4, 0.5) is 0 Å². The van der Waals surface area contributed by atoms with Gasteiger partial charge in [-0.2, -0.15) is 0 Å². The van der Waals surface area contributed by atoms with Crippen molar-refractivity contribution in [2.45, 2.75) is 25.9 Å². The fraction of sp³-hybridized carbons (Fsp3) is 0.389. The van der Waals surface area contributed by atoms with Crippen LogP contribution in [0.5, 0.6) is 0 Å². The van der Waals surface area contributed by atoms with Crippen LogP contribution in [0.25, 0.3) is 11.1 Å². The second kappa shape index (κ2) is 6.81. The highest BCUT2D eigenvalue weighted by atomic mass is 32.2. The number of hydrogen-bond donors (Lipinski definition) is 0. The Kier molecular flexibility index (Phi) is 4.78. The second-order valence-corrected chi connectivity index (χ2v) is 8.29. The fourth-order valence-electron chi connectivity index (χ4n) is 3.18. The summed E-state index contributed by atoms with van der Waals surface area (Å²) in [6.45, 7) is 3.73. The number of nitrogens with zero attached hydrogens (tertiary/aromatic N) is 2. The maximum absolute atomic E-state index is 11.7. The van der Waals surface area contributed by atoms with Crippen LogP contribution in [0.1, 0.15) is 18.9 Å². The zero-order valence-electron chi connectivity index (χ0n) is 13.4. The molecule has 1 fully saturated rings. The average molecular weight is 330 g/mol. The predicted octanol–water partition coefficient (Wildman–Crippen LogP) is 2.76. The van der Waals surface area contributed by atoms with Crippen LogP contribution < -0.4 is 0 Å². The van der Waals surface area contributed by atoms with Gasteiger partial charge >= 0.3 is 0 Å². The van der Waals surface area contributed by atoms with Gasteiger partial charge in [0.1, 0.15) is 0 Å². The lowest BCUT2D eigenvalue weighted by atomic mass is 10.0. The number of rotatable bonds is 5. The van der Waals surface area contributed by atoms with Crippen molar-refractivity contribution < 1.29 is 8.42 Å². The highest BCUT2D eigenvalue weighted by Gasteiger charge is 2.31. The van der Waals surface area contributed by atoms with Crippen molar-refractivity contribution in [2.24, 2.45) is 0 Å². The smallest absolute Gasteiger partial charge is 0.151 e. The minimum Gasteiger partial charge on any atom is -0.295 e. The van der Waals surface area contributed by atoms with E-state index in [0.717, 1.165) is 30.6 Å². The summed E-state index contributed by atoms with van der Waals surface area (Å²) in [5.74, 6) is 0.618. The summed E-state index contributed by atoms with van der Waals surface area (Å²) in [5, 5.41) is 0. The Morgan fingerprint density at radius 1 is 1.22 bits per heavy atom. The largest absolute Gasteiger partial charge is 0.295 e. The van der Waals surface area contributed by atoms with E-state index in [1.54, 1.807) is 6.20 Å². The van der Waals surface area contributed by atoms with Gasteiger partial charge in [-0.1, -0.05) is 31.2 Å². The number of pyridine rings is 1. The molecule has 1 saturated heterocycles. The molecule has 0 spiro atoms. The van der Waals surface area contributed by atoms with Gasteiger partial charge in [-0.05, 0) is 41.8 Å². The molecular formula is C18H22N2O2S. The molecule has 0 amide bonds. The number of sulfone groups is 1. The SMILES string of the molecule is CCN(Cc1cccc(-c2cccnc2)c1)[C@@H]1CCS(=O)(=O)C1. The summed E-state index contributed by atoms with van der Waals surface area (Å²) in [5.41, 5.74) is 3.45. The van der Waals surface area contributed by atoms with E-state index >= 15 is 0 Å². The first kappa shape index (κ1) is 16.1. The van der Waals surface area contributed by atoms with Crippen LogP contribution >= 0.6 is 0 Å². The van der Waals surface area contributed by atoms with Crippen molar-refractivity contribution in [3.8, 4) is 11.1 Å². The van der Waals surface area contributed by atoms with Crippen molar-refractivity contribution in [1.29, 1.82) is 0 Å². The molecule has 1 aromatic heterocycles. The number of benzene rings is 1. The normalized spacial score (nSPS) is 20.0. The van der Waals surface area contributed by atoms with E-state index in [-0.39, 0.29) is 6.04 Å². The summed E-state index contributed by atoms with van der Waals surface area (Å²) < 4.78 is 23.4. The zero-order chi connectivity index (χ0) is 16.3. The Labute approximate surface area is 138 Å². The molecule has 1 aliphatic heterocycles. The molecule has 1 atom stereocenters. The number of aromatic nitrogens is 1. The van der Waals surface area contributed by atoms with E-state index < -0.39 is 9.84 Å². The Hall–Kier alpha value is -1.72. The van der Waals surface area contributed by atoms with E-state index in [4.69, 9.17) is 0 Å². The van der Waals surface area contributed by atoms with Gasteiger partial charge in [0.15, 0.2) is 9.84 Å². The topological polar surface area (TPSA) is 50.3 Å². The summed E-state index contributed by atoms with van der Waals surface area (Å²) >= 11 is 0. The van der Waals surface area contributed by atoms with Gasteiger partial charge in [-0.3, -0.25) is 9.88 Å². The molecule has 0 bridgehead atoms. The van der Waals surface area contributed by atoms with Crippen LogP contribution in [0, 0.1) is 0 Å². The highest BCUT2D eigenvalue weighted by molar-refractivity contribution is 7.91. The Morgan fingerprint density at radius 3 is 2.70 bits per heavy atom. The molecule has 23 heavy (non-hydrogen) atoms. The molecule has 0 saturated carbocycles.